The Balaban J connectivity index is 1.38. The number of hydrogen-bond acceptors (Lipinski definition) is 4. The summed E-state index contributed by atoms with van der Waals surface area (Å²) >= 11 is 0. The number of rotatable bonds is 14. The highest BCUT2D eigenvalue weighted by Crippen LogP contribution is 2.25. The van der Waals surface area contributed by atoms with E-state index < -0.39 is 0 Å². The third kappa shape index (κ3) is 7.13. The van der Waals surface area contributed by atoms with E-state index in [1.54, 1.807) is 24.3 Å². The molecule has 0 aliphatic rings. The van der Waals surface area contributed by atoms with Gasteiger partial charge in [0.05, 0.1) is 11.0 Å². The van der Waals surface area contributed by atoms with Crippen LogP contribution in [0.5, 0.6) is 0 Å². The number of aromatic amines is 2. The third-order valence-electron chi connectivity index (χ3n) is 8.33. The van der Waals surface area contributed by atoms with Crippen molar-refractivity contribution in [3.8, 4) is 22.5 Å². The number of aromatic nitrogens is 2. The predicted molar refractivity (Wildman–Crippen MR) is 180 cm³/mol. The van der Waals surface area contributed by atoms with Crippen LogP contribution in [-0.2, 0) is 0 Å². The first-order valence-corrected chi connectivity index (χ1v) is 15.9. The Labute approximate surface area is 257 Å². The van der Waals surface area contributed by atoms with Gasteiger partial charge in [-0.25, -0.2) is 0 Å². The molecule has 0 atom stereocenters. The highest BCUT2D eigenvalue weighted by atomic mass is 16.1. The van der Waals surface area contributed by atoms with Gasteiger partial charge in [-0.1, -0.05) is 101 Å². The molecule has 0 unspecified atom stereocenters. The monoisotopic (exact) mass is 588 g/mol. The Kier molecular flexibility index (Phi) is 10.0. The van der Waals surface area contributed by atoms with E-state index in [4.69, 9.17) is 0 Å². The summed E-state index contributed by atoms with van der Waals surface area (Å²) in [6.07, 6.45) is 9.55. The summed E-state index contributed by atoms with van der Waals surface area (Å²) < 4.78 is 0. The van der Waals surface area contributed by atoms with Crippen LogP contribution < -0.4 is 10.9 Å². The van der Waals surface area contributed by atoms with Gasteiger partial charge in [-0.3, -0.25) is 19.2 Å². The molecule has 0 fully saturated rings. The van der Waals surface area contributed by atoms with E-state index in [1.807, 2.05) is 48.5 Å². The van der Waals surface area contributed by atoms with Crippen LogP contribution in [-0.4, -0.2) is 21.5 Å². The molecule has 5 aromatic rings. The van der Waals surface area contributed by atoms with Gasteiger partial charge in [0.25, 0.3) is 0 Å². The van der Waals surface area contributed by atoms with Gasteiger partial charge < -0.3 is 9.97 Å². The number of hydrogen-bond donors (Lipinski definition) is 2. The van der Waals surface area contributed by atoms with Crippen LogP contribution in [0, 0.1) is 0 Å². The number of ketones is 2. The second-order valence-electron chi connectivity index (χ2n) is 11.7. The quantitative estimate of drug-likeness (QED) is 0.0768. The number of nitrogens with one attached hydrogen (secondary N) is 2. The standard InChI is InChI=1S/C38H40N2O4/c1-3-5-7-9-11-35(41)27-17-13-25(14-18-27)31-23-37(43)29-22-34-30(21-33(29)39-31)38(44)24-32(40-34)26-15-19-28(20-16-26)36(42)12-10-8-6-4-2/h13-24H,3-12H2,1-2H3,(H,39,43)(H,40,44). The van der Waals surface area contributed by atoms with Crippen molar-refractivity contribution in [2.24, 2.45) is 0 Å². The first kappa shape index (κ1) is 30.9. The average molecular weight is 589 g/mol. The molecular formula is C38H40N2O4. The van der Waals surface area contributed by atoms with E-state index in [2.05, 4.69) is 23.8 Å². The van der Waals surface area contributed by atoms with Gasteiger partial charge in [0.1, 0.15) is 0 Å². The molecule has 0 aliphatic heterocycles. The zero-order valence-electron chi connectivity index (χ0n) is 25.6. The molecule has 226 valence electrons. The summed E-state index contributed by atoms with van der Waals surface area (Å²) in [6.45, 7) is 4.30. The summed E-state index contributed by atoms with van der Waals surface area (Å²) in [5.74, 6) is 0.263. The number of carbonyl (C=O) groups excluding carboxylic acids is 2. The number of H-pyrrole nitrogens is 2. The number of unbranched alkanes of at least 4 members (excludes halogenated alkanes) is 6. The minimum Gasteiger partial charge on any atom is -0.354 e. The van der Waals surface area contributed by atoms with Crippen molar-refractivity contribution >= 4 is 33.4 Å². The van der Waals surface area contributed by atoms with Gasteiger partial charge in [0.2, 0.25) is 0 Å². The van der Waals surface area contributed by atoms with Crippen LogP contribution in [0.25, 0.3) is 44.3 Å². The summed E-state index contributed by atoms with van der Waals surface area (Å²) in [6, 6.07) is 21.2. The normalized spacial score (nSPS) is 11.3. The Morgan fingerprint density at radius 3 is 1.27 bits per heavy atom. The van der Waals surface area contributed by atoms with E-state index in [9.17, 15) is 19.2 Å². The lowest BCUT2D eigenvalue weighted by Gasteiger charge is -2.09. The lowest BCUT2D eigenvalue weighted by Crippen LogP contribution is -2.07. The molecule has 0 saturated carbocycles. The Bertz CT molecular complexity index is 1760. The molecule has 2 N–H and O–H groups in total. The Morgan fingerprint density at radius 1 is 0.523 bits per heavy atom. The summed E-state index contributed by atoms with van der Waals surface area (Å²) in [4.78, 5) is 58.2. The van der Waals surface area contributed by atoms with Gasteiger partial charge in [-0.2, -0.15) is 0 Å². The fourth-order valence-electron chi connectivity index (χ4n) is 5.69. The highest BCUT2D eigenvalue weighted by Gasteiger charge is 2.12. The van der Waals surface area contributed by atoms with Crippen molar-refractivity contribution < 1.29 is 9.59 Å². The first-order chi connectivity index (χ1) is 21.4. The van der Waals surface area contributed by atoms with Gasteiger partial charge >= 0.3 is 0 Å². The van der Waals surface area contributed by atoms with E-state index in [1.165, 1.54) is 0 Å². The zero-order valence-corrected chi connectivity index (χ0v) is 25.6. The molecule has 44 heavy (non-hydrogen) atoms. The molecular weight excluding hydrogens is 548 g/mol. The van der Waals surface area contributed by atoms with Crippen molar-refractivity contribution in [1.82, 2.24) is 9.97 Å². The molecule has 0 spiro atoms. The van der Waals surface area contributed by atoms with Crippen LogP contribution >= 0.6 is 0 Å². The smallest absolute Gasteiger partial charge is 0.190 e. The fourth-order valence-corrected chi connectivity index (χ4v) is 5.69. The van der Waals surface area contributed by atoms with Crippen LogP contribution in [0.4, 0.5) is 0 Å². The van der Waals surface area contributed by atoms with Crippen LogP contribution in [0.3, 0.4) is 0 Å². The molecule has 2 heterocycles. The van der Waals surface area contributed by atoms with Crippen molar-refractivity contribution in [3.05, 3.63) is 104 Å². The number of fused-ring (bicyclic) bond motifs is 2. The average Bonchev–Trinajstić information content (AvgIpc) is 3.04. The second kappa shape index (κ2) is 14.3. The van der Waals surface area contributed by atoms with Gasteiger partial charge in [0.15, 0.2) is 22.4 Å². The fraction of sp³-hybridized carbons (Fsp3) is 0.316. The Hall–Kier alpha value is -4.58. The number of carbonyl (C=O) groups is 2. The van der Waals surface area contributed by atoms with E-state index in [0.717, 1.165) is 62.5 Å². The molecule has 2 aromatic heterocycles. The number of benzene rings is 3. The maximum atomic E-state index is 13.2. The van der Waals surface area contributed by atoms with Gasteiger partial charge in [0, 0.05) is 58.3 Å². The minimum atomic E-state index is -0.167. The largest absolute Gasteiger partial charge is 0.354 e. The SMILES string of the molecule is CCCCCCC(=O)c1ccc(-c2cc(=O)c3cc4[nH]c(-c5ccc(C(=O)CCCCCC)cc5)cc(=O)c4cc3[nH]2)cc1. The van der Waals surface area contributed by atoms with Crippen molar-refractivity contribution in [2.45, 2.75) is 78.1 Å². The van der Waals surface area contributed by atoms with E-state index in [0.29, 0.717) is 57.2 Å². The van der Waals surface area contributed by atoms with Gasteiger partial charge in [-0.15, -0.1) is 0 Å². The molecule has 0 saturated heterocycles. The molecule has 0 bridgehead atoms. The Morgan fingerprint density at radius 2 is 0.909 bits per heavy atom. The lowest BCUT2D eigenvalue weighted by atomic mass is 10.0. The van der Waals surface area contributed by atoms with E-state index in [-0.39, 0.29) is 22.4 Å². The minimum absolute atomic E-state index is 0.131. The molecule has 0 radical (unpaired) electrons. The molecule has 6 heteroatoms. The molecule has 3 aromatic carbocycles. The lowest BCUT2D eigenvalue weighted by molar-refractivity contribution is 0.0971. The van der Waals surface area contributed by atoms with Gasteiger partial charge in [-0.05, 0) is 36.1 Å². The van der Waals surface area contributed by atoms with Crippen LogP contribution in [0.15, 0.2) is 82.4 Å². The summed E-state index contributed by atoms with van der Waals surface area (Å²) in [5, 5.41) is 0.939. The van der Waals surface area contributed by atoms with Crippen molar-refractivity contribution in [2.75, 3.05) is 0 Å². The number of Topliss-reactive ketones (excluding diaryl/α,β-unsaturated/α-hetero) is 2. The first-order valence-electron chi connectivity index (χ1n) is 15.9. The summed E-state index contributed by atoms with van der Waals surface area (Å²) in [5.41, 5.74) is 4.97. The third-order valence-corrected chi connectivity index (χ3v) is 8.33. The van der Waals surface area contributed by atoms with E-state index >= 15 is 0 Å². The predicted octanol–water partition coefficient (Wildman–Crippen LogP) is 9.01. The van der Waals surface area contributed by atoms with Crippen LogP contribution in [0.1, 0.15) is 98.8 Å². The van der Waals surface area contributed by atoms with Crippen LogP contribution in [0.2, 0.25) is 0 Å². The molecule has 0 amide bonds. The van der Waals surface area contributed by atoms with Crippen molar-refractivity contribution in [3.63, 3.8) is 0 Å². The molecule has 5 rings (SSSR count). The number of pyridine rings is 2. The maximum absolute atomic E-state index is 13.2. The second-order valence-corrected chi connectivity index (χ2v) is 11.7. The molecule has 6 nitrogen and oxygen atoms in total. The van der Waals surface area contributed by atoms with Crippen molar-refractivity contribution in [1.29, 1.82) is 0 Å². The summed E-state index contributed by atoms with van der Waals surface area (Å²) in [7, 11) is 0. The highest BCUT2D eigenvalue weighted by molar-refractivity contribution is 5.98. The topological polar surface area (TPSA) is 99.9 Å². The molecule has 0 aliphatic carbocycles. The maximum Gasteiger partial charge on any atom is 0.190 e. The zero-order chi connectivity index (χ0) is 31.1.